The Bertz CT molecular complexity index is 1420. The van der Waals surface area contributed by atoms with Crippen LogP contribution in [0, 0.1) is 13.8 Å². The fourth-order valence-electron chi connectivity index (χ4n) is 4.45. The average Bonchev–Trinajstić information content (AvgIpc) is 3.40. The van der Waals surface area contributed by atoms with Gasteiger partial charge in [0.15, 0.2) is 0 Å². The van der Waals surface area contributed by atoms with Crippen molar-refractivity contribution >= 4 is 10.9 Å². The monoisotopic (exact) mass is 535 g/mol. The maximum atomic E-state index is 14.0. The molecule has 13 heteroatoms. The van der Waals surface area contributed by atoms with Crippen LogP contribution in [0.15, 0.2) is 54.7 Å². The zero-order valence-corrected chi connectivity index (χ0v) is 19.0. The molecule has 0 aliphatic heterocycles. The van der Waals surface area contributed by atoms with Crippen LogP contribution in [0.3, 0.4) is 0 Å². The number of benzene rings is 2. The van der Waals surface area contributed by atoms with Gasteiger partial charge in [-0.05, 0) is 49.7 Å². The van der Waals surface area contributed by atoms with Gasteiger partial charge >= 0.3 is 18.5 Å². The van der Waals surface area contributed by atoms with Gasteiger partial charge in [0, 0.05) is 28.4 Å². The van der Waals surface area contributed by atoms with Crippen molar-refractivity contribution < 1.29 is 44.6 Å². The highest BCUT2D eigenvalue weighted by Gasteiger charge is 2.71. The fourth-order valence-corrected chi connectivity index (χ4v) is 4.45. The first-order valence-electron chi connectivity index (χ1n) is 10.6. The van der Waals surface area contributed by atoms with Crippen LogP contribution >= 0.6 is 0 Å². The van der Waals surface area contributed by atoms with E-state index in [1.807, 2.05) is 0 Å². The van der Waals surface area contributed by atoms with Crippen molar-refractivity contribution in [2.24, 2.45) is 0 Å². The first-order chi connectivity index (χ1) is 17.0. The minimum absolute atomic E-state index is 0.0428. The van der Waals surface area contributed by atoms with E-state index in [1.54, 1.807) is 0 Å². The summed E-state index contributed by atoms with van der Waals surface area (Å²) >= 11 is 0. The number of aromatic amines is 1. The summed E-state index contributed by atoms with van der Waals surface area (Å²) in [6, 6.07) is 7.00. The summed E-state index contributed by atoms with van der Waals surface area (Å²) in [4.78, 5) is 0. The van der Waals surface area contributed by atoms with Crippen LogP contribution in [0.4, 0.5) is 39.5 Å². The van der Waals surface area contributed by atoms with E-state index in [9.17, 15) is 44.6 Å². The topological polar surface area (TPSA) is 53.8 Å². The van der Waals surface area contributed by atoms with Crippen molar-refractivity contribution in [3.63, 3.8) is 0 Å². The molecule has 4 rings (SSSR count). The second kappa shape index (κ2) is 8.54. The number of nitrogens with zero attached hydrogens (tertiary/aromatic N) is 2. The molecule has 2 N–H and O–H groups in total. The summed E-state index contributed by atoms with van der Waals surface area (Å²) in [7, 11) is 0. The number of fused-ring (bicyclic) bond motifs is 1. The number of halogens is 9. The zero-order chi connectivity index (χ0) is 27.6. The smallest absolute Gasteiger partial charge is 0.369 e. The van der Waals surface area contributed by atoms with Gasteiger partial charge in [0.1, 0.15) is 6.04 Å². The van der Waals surface area contributed by atoms with Gasteiger partial charge in [0.05, 0.1) is 11.3 Å². The Balaban J connectivity index is 2.00. The largest absolute Gasteiger partial charge is 0.430 e. The molecule has 1 atom stereocenters. The third-order valence-electron chi connectivity index (χ3n) is 6.15. The molecule has 2 aromatic carbocycles. The van der Waals surface area contributed by atoms with Gasteiger partial charge in [-0.2, -0.15) is 44.6 Å². The van der Waals surface area contributed by atoms with E-state index in [0.717, 1.165) is 12.1 Å². The van der Waals surface area contributed by atoms with Crippen LogP contribution in [-0.4, -0.2) is 32.2 Å². The quantitative estimate of drug-likeness (QED) is 0.278. The second-order valence-corrected chi connectivity index (χ2v) is 8.64. The van der Waals surface area contributed by atoms with Crippen molar-refractivity contribution in [1.82, 2.24) is 14.8 Å². The number of hydrogen-bond acceptors (Lipinski definition) is 2. The molecule has 0 bridgehead atoms. The van der Waals surface area contributed by atoms with E-state index >= 15 is 0 Å². The molecule has 0 aliphatic rings. The molecule has 37 heavy (non-hydrogen) atoms. The Morgan fingerprint density at radius 3 is 2.03 bits per heavy atom. The number of hydrogen-bond donors (Lipinski definition) is 2. The maximum Gasteiger partial charge on any atom is 0.430 e. The minimum atomic E-state index is -6.08. The van der Waals surface area contributed by atoms with Crippen LogP contribution in [0.25, 0.3) is 10.9 Å². The molecule has 0 amide bonds. The first kappa shape index (κ1) is 26.6. The van der Waals surface area contributed by atoms with Crippen molar-refractivity contribution in [2.45, 2.75) is 44.0 Å². The second-order valence-electron chi connectivity index (χ2n) is 8.64. The molecule has 4 nitrogen and oxygen atoms in total. The number of rotatable bonds is 4. The molecule has 0 saturated heterocycles. The molecule has 0 radical (unpaired) electrons. The summed E-state index contributed by atoms with van der Waals surface area (Å²) in [5.41, 5.74) is -6.99. The molecule has 0 spiro atoms. The molecule has 0 aliphatic carbocycles. The Hall–Kier alpha value is -3.48. The van der Waals surface area contributed by atoms with Crippen molar-refractivity contribution in [3.05, 3.63) is 88.4 Å². The van der Waals surface area contributed by atoms with Crippen molar-refractivity contribution in [1.29, 1.82) is 0 Å². The summed E-state index contributed by atoms with van der Waals surface area (Å²) in [6.07, 6.45) is -15.6. The zero-order valence-electron chi connectivity index (χ0n) is 19.0. The Labute approximate surface area is 203 Å². The number of H-pyrrole nitrogens is 1. The van der Waals surface area contributed by atoms with Gasteiger partial charge in [0.25, 0.3) is 5.60 Å². The van der Waals surface area contributed by atoms with E-state index in [4.69, 9.17) is 0 Å². The minimum Gasteiger partial charge on any atom is -0.369 e. The molecular formula is C24H18F9N3O. The predicted molar refractivity (Wildman–Crippen MR) is 115 cm³/mol. The normalized spacial score (nSPS) is 14.4. The molecule has 2 heterocycles. The molecule has 2 aromatic heterocycles. The van der Waals surface area contributed by atoms with E-state index in [-0.39, 0.29) is 27.9 Å². The highest BCUT2D eigenvalue weighted by Crippen LogP contribution is 2.51. The Kier molecular flexibility index (Phi) is 6.13. The summed E-state index contributed by atoms with van der Waals surface area (Å²) in [5, 5.41) is 16.0. The van der Waals surface area contributed by atoms with E-state index < -0.39 is 41.3 Å². The van der Waals surface area contributed by atoms with Gasteiger partial charge in [-0.3, -0.25) is 5.10 Å². The van der Waals surface area contributed by atoms with Gasteiger partial charge in [-0.15, -0.1) is 0 Å². The number of aliphatic hydroxyl groups is 1. The van der Waals surface area contributed by atoms with E-state index in [2.05, 4.69) is 10.2 Å². The third-order valence-corrected chi connectivity index (χ3v) is 6.15. The van der Waals surface area contributed by atoms with Crippen LogP contribution in [0.5, 0.6) is 0 Å². The fraction of sp³-hybridized carbons (Fsp3) is 0.292. The Morgan fingerprint density at radius 1 is 0.838 bits per heavy atom. The third kappa shape index (κ3) is 4.34. The summed E-state index contributed by atoms with van der Waals surface area (Å²) in [5.74, 6) is 0. The number of aryl methyl sites for hydroxylation is 2. The maximum absolute atomic E-state index is 14.0. The van der Waals surface area contributed by atoms with Gasteiger partial charge in [-0.25, -0.2) is 0 Å². The molecular weight excluding hydrogens is 517 g/mol. The van der Waals surface area contributed by atoms with Crippen LogP contribution < -0.4 is 0 Å². The van der Waals surface area contributed by atoms with Crippen molar-refractivity contribution in [2.75, 3.05) is 0 Å². The lowest BCUT2D eigenvalue weighted by atomic mass is 9.91. The van der Waals surface area contributed by atoms with Crippen LogP contribution in [0.2, 0.25) is 0 Å². The van der Waals surface area contributed by atoms with Crippen molar-refractivity contribution in [3.8, 4) is 0 Å². The Morgan fingerprint density at radius 2 is 1.49 bits per heavy atom. The highest BCUT2D eigenvalue weighted by atomic mass is 19.4. The van der Waals surface area contributed by atoms with E-state index in [1.165, 1.54) is 48.9 Å². The van der Waals surface area contributed by atoms with E-state index in [0.29, 0.717) is 17.7 Å². The first-order valence-corrected chi connectivity index (χ1v) is 10.6. The summed E-state index contributed by atoms with van der Waals surface area (Å²) < 4.78 is 124. The lowest BCUT2D eigenvalue weighted by Crippen LogP contribution is -2.53. The summed E-state index contributed by atoms with van der Waals surface area (Å²) in [6.45, 7) is 2.93. The molecule has 0 fully saturated rings. The van der Waals surface area contributed by atoms with Gasteiger partial charge in [0.2, 0.25) is 0 Å². The van der Waals surface area contributed by atoms with Crippen LogP contribution in [0.1, 0.15) is 39.7 Å². The lowest BCUT2D eigenvalue weighted by molar-refractivity contribution is -0.376. The highest BCUT2D eigenvalue weighted by molar-refractivity contribution is 5.83. The average molecular weight is 535 g/mol. The SMILES string of the molecule is Cc1ccc(C(c2ccn[nH]2)n2c(C)cc3cc(C(O)(C(F)(F)F)C(F)(F)F)ccc32)c(C(F)(F)F)c1. The van der Waals surface area contributed by atoms with Gasteiger partial charge in [-0.1, -0.05) is 23.8 Å². The number of aromatic nitrogens is 3. The number of alkyl halides is 9. The lowest BCUT2D eigenvalue weighted by Gasteiger charge is -2.32. The predicted octanol–water partition coefficient (Wildman–Crippen LogP) is 6.95. The molecule has 4 aromatic rings. The molecule has 0 saturated carbocycles. The van der Waals surface area contributed by atoms with Gasteiger partial charge < -0.3 is 9.67 Å². The number of nitrogens with one attached hydrogen (secondary N) is 1. The molecule has 1 unspecified atom stereocenters. The molecule has 198 valence electrons. The van der Waals surface area contributed by atoms with Crippen LogP contribution in [-0.2, 0) is 11.8 Å². The standard InChI is InChI=1S/C24H18F9N3O/c1-12-3-5-16(17(9-12)22(25,26)27)20(18-7-8-34-35-18)36-13(2)10-14-11-15(4-6-19(14)36)21(37,23(28,29)30)24(31,32)33/h3-11,20,37H,1-2H3,(H,34,35).